The minimum absolute atomic E-state index is 0. The Morgan fingerprint density at radius 3 is 2.50 bits per heavy atom. The van der Waals surface area contributed by atoms with Crippen molar-refractivity contribution in [2.45, 2.75) is 13.0 Å². The maximum Gasteiger partial charge on any atom is 0.278 e. The lowest BCUT2D eigenvalue weighted by Gasteiger charge is -2.33. The monoisotopic (exact) mass is 349 g/mol. The lowest BCUT2D eigenvalue weighted by atomic mass is 9.98. The summed E-state index contributed by atoms with van der Waals surface area (Å²) in [6.45, 7) is 8.70. The van der Waals surface area contributed by atoms with Crippen LogP contribution in [-0.4, -0.2) is 41.1 Å². The molecule has 1 heterocycles. The van der Waals surface area contributed by atoms with Crippen molar-refractivity contribution in [2.24, 2.45) is 0 Å². The first-order valence-electron chi connectivity index (χ1n) is 6.60. The van der Waals surface area contributed by atoms with Crippen molar-refractivity contribution in [3.8, 4) is 5.75 Å². The maximum atomic E-state index is 11.2. The fourth-order valence-electron chi connectivity index (χ4n) is 2.57. The molecule has 0 saturated carbocycles. The van der Waals surface area contributed by atoms with Crippen molar-refractivity contribution >= 4 is 30.5 Å². The predicted molar refractivity (Wildman–Crippen MR) is 91.4 cm³/mol. The van der Waals surface area contributed by atoms with Crippen LogP contribution in [0.3, 0.4) is 0 Å². The molecule has 0 unspecified atom stereocenters. The Balaban J connectivity index is 0.00000220. The zero-order valence-corrected chi connectivity index (χ0v) is 14.0. The molecule has 6 nitrogen and oxygen atoms in total. The highest BCUT2D eigenvalue weighted by atomic mass is 35.5. The van der Waals surface area contributed by atoms with Gasteiger partial charge in [-0.15, -0.1) is 31.4 Å². The van der Waals surface area contributed by atoms with Crippen LogP contribution >= 0.6 is 24.8 Å². The third-order valence-electron chi connectivity index (χ3n) is 3.66. The summed E-state index contributed by atoms with van der Waals surface area (Å²) in [4.78, 5) is 12.9. The van der Waals surface area contributed by atoms with Crippen LogP contribution in [-0.2, 0) is 0 Å². The lowest BCUT2D eigenvalue weighted by molar-refractivity contribution is -0.386. The molecule has 2 N–H and O–H groups in total. The number of halogens is 2. The first-order chi connectivity index (χ1) is 9.56. The summed E-state index contributed by atoms with van der Waals surface area (Å²) in [7, 11) is 0. The third kappa shape index (κ3) is 4.10. The molecule has 0 aromatic heterocycles. The number of hydrogen-bond donors (Lipinski definition) is 2. The van der Waals surface area contributed by atoms with Crippen molar-refractivity contribution in [2.75, 3.05) is 26.2 Å². The van der Waals surface area contributed by atoms with Crippen LogP contribution in [0.2, 0.25) is 0 Å². The first-order valence-corrected chi connectivity index (χ1v) is 6.60. The zero-order valence-electron chi connectivity index (χ0n) is 12.3. The summed E-state index contributed by atoms with van der Waals surface area (Å²) < 4.78 is 0. The van der Waals surface area contributed by atoms with Gasteiger partial charge < -0.3 is 10.4 Å². The SMILES string of the molecule is C=C[C@H](c1c([N+](=O)[O-])ccc(C)c1O)N1CCNCC1.Cl.Cl. The Morgan fingerprint density at radius 1 is 1.41 bits per heavy atom. The fraction of sp³-hybridized carbons (Fsp3) is 0.429. The summed E-state index contributed by atoms with van der Waals surface area (Å²) in [5.74, 6) is -0.0115. The van der Waals surface area contributed by atoms with Crippen molar-refractivity contribution in [1.82, 2.24) is 10.2 Å². The largest absolute Gasteiger partial charge is 0.507 e. The lowest BCUT2D eigenvalue weighted by Crippen LogP contribution is -2.44. The van der Waals surface area contributed by atoms with Crippen LogP contribution in [0.15, 0.2) is 24.8 Å². The number of benzene rings is 1. The van der Waals surface area contributed by atoms with Gasteiger partial charge >= 0.3 is 0 Å². The van der Waals surface area contributed by atoms with Gasteiger partial charge in [-0.05, 0) is 18.6 Å². The van der Waals surface area contributed by atoms with Crippen LogP contribution in [0.1, 0.15) is 17.2 Å². The van der Waals surface area contributed by atoms with Crippen molar-refractivity contribution < 1.29 is 10.0 Å². The van der Waals surface area contributed by atoms with E-state index in [2.05, 4.69) is 16.8 Å². The minimum atomic E-state index is -0.451. The summed E-state index contributed by atoms with van der Waals surface area (Å²) in [6, 6.07) is 2.66. The van der Waals surface area contributed by atoms with Gasteiger partial charge in [0.2, 0.25) is 0 Å². The summed E-state index contributed by atoms with van der Waals surface area (Å²) in [5.41, 5.74) is 0.913. The molecule has 0 amide bonds. The normalized spacial score (nSPS) is 16.0. The Labute approximate surface area is 142 Å². The van der Waals surface area contributed by atoms with E-state index >= 15 is 0 Å². The number of phenols is 1. The molecule has 0 spiro atoms. The highest BCUT2D eigenvalue weighted by Crippen LogP contribution is 2.39. The molecule has 22 heavy (non-hydrogen) atoms. The summed E-state index contributed by atoms with van der Waals surface area (Å²) in [5, 5.41) is 24.7. The number of aromatic hydroxyl groups is 1. The number of nitro benzene ring substituents is 1. The fourth-order valence-corrected chi connectivity index (χ4v) is 2.57. The molecule has 1 atom stereocenters. The number of piperazine rings is 1. The molecule has 124 valence electrons. The van der Waals surface area contributed by atoms with Gasteiger partial charge in [0.25, 0.3) is 5.69 Å². The van der Waals surface area contributed by atoms with Gasteiger partial charge in [0.05, 0.1) is 16.5 Å². The second kappa shape index (κ2) is 8.95. The molecule has 1 saturated heterocycles. The van der Waals surface area contributed by atoms with Crippen LogP contribution in [0.5, 0.6) is 5.75 Å². The van der Waals surface area contributed by atoms with E-state index in [4.69, 9.17) is 0 Å². The smallest absolute Gasteiger partial charge is 0.278 e. The molecule has 0 aliphatic carbocycles. The van der Waals surface area contributed by atoms with E-state index < -0.39 is 4.92 Å². The highest BCUT2D eigenvalue weighted by Gasteiger charge is 2.29. The molecule has 0 bridgehead atoms. The van der Waals surface area contributed by atoms with E-state index in [-0.39, 0.29) is 42.3 Å². The number of nitrogens with one attached hydrogen (secondary N) is 1. The average Bonchev–Trinajstić information content (AvgIpc) is 2.45. The molecule has 0 radical (unpaired) electrons. The van der Waals surface area contributed by atoms with E-state index in [1.807, 2.05) is 0 Å². The van der Waals surface area contributed by atoms with Crippen LogP contribution < -0.4 is 5.32 Å². The number of phenolic OH excluding ortho intramolecular Hbond substituents is 1. The molecular weight excluding hydrogens is 329 g/mol. The molecule has 2 rings (SSSR count). The van der Waals surface area contributed by atoms with Gasteiger partial charge in [0.15, 0.2) is 0 Å². The summed E-state index contributed by atoms with van der Waals surface area (Å²) >= 11 is 0. The van der Waals surface area contributed by atoms with Crippen LogP contribution in [0, 0.1) is 17.0 Å². The number of rotatable bonds is 4. The Kier molecular flexibility index (Phi) is 8.40. The van der Waals surface area contributed by atoms with E-state index in [1.54, 1.807) is 19.1 Å². The molecule has 1 fully saturated rings. The number of nitrogens with zero attached hydrogens (tertiary/aromatic N) is 2. The second-order valence-corrected chi connectivity index (χ2v) is 4.89. The van der Waals surface area contributed by atoms with E-state index in [0.717, 1.165) is 26.2 Å². The number of aryl methyl sites for hydroxylation is 1. The van der Waals surface area contributed by atoms with Gasteiger partial charge in [0.1, 0.15) is 5.75 Å². The molecule has 1 aliphatic rings. The topological polar surface area (TPSA) is 78.6 Å². The summed E-state index contributed by atoms with van der Waals surface area (Å²) in [6.07, 6.45) is 1.66. The first kappa shape index (κ1) is 20.7. The molecular formula is C14H21Cl2N3O3. The van der Waals surface area contributed by atoms with Crippen LogP contribution in [0.4, 0.5) is 5.69 Å². The maximum absolute atomic E-state index is 11.2. The van der Waals surface area contributed by atoms with Crippen LogP contribution in [0.25, 0.3) is 0 Å². The molecule has 1 aromatic carbocycles. The number of nitro groups is 1. The van der Waals surface area contributed by atoms with E-state index in [0.29, 0.717) is 11.1 Å². The van der Waals surface area contributed by atoms with Gasteiger partial charge in [-0.1, -0.05) is 6.08 Å². The van der Waals surface area contributed by atoms with Crippen molar-refractivity contribution in [3.63, 3.8) is 0 Å². The van der Waals surface area contributed by atoms with Gasteiger partial charge in [-0.3, -0.25) is 15.0 Å². The Morgan fingerprint density at radius 2 is 2.00 bits per heavy atom. The molecule has 1 aromatic rings. The predicted octanol–water partition coefficient (Wildman–Crippen LogP) is 2.58. The molecule has 8 heteroatoms. The number of hydrogen-bond acceptors (Lipinski definition) is 5. The Hall–Kier alpha value is -1.34. The standard InChI is InChI=1S/C14H19N3O3.2ClH/c1-3-11(16-8-6-15-7-9-16)13-12(17(19)20)5-4-10(2)14(13)18;;/h3-5,11,15,18H,1,6-9H2,2H3;2*1H/t11-;;/m1../s1. The van der Waals surface area contributed by atoms with Gasteiger partial charge in [-0.2, -0.15) is 0 Å². The van der Waals surface area contributed by atoms with E-state index in [1.165, 1.54) is 6.07 Å². The average molecular weight is 350 g/mol. The highest BCUT2D eigenvalue weighted by molar-refractivity contribution is 5.85. The van der Waals surface area contributed by atoms with E-state index in [9.17, 15) is 15.2 Å². The Bertz CT molecular complexity index is 534. The van der Waals surface area contributed by atoms with Crippen molar-refractivity contribution in [1.29, 1.82) is 0 Å². The zero-order chi connectivity index (χ0) is 14.7. The second-order valence-electron chi connectivity index (χ2n) is 4.89. The minimum Gasteiger partial charge on any atom is -0.507 e. The van der Waals surface area contributed by atoms with Gasteiger partial charge in [0, 0.05) is 32.2 Å². The molecule has 1 aliphatic heterocycles. The van der Waals surface area contributed by atoms with Gasteiger partial charge in [-0.25, -0.2) is 0 Å². The van der Waals surface area contributed by atoms with Crippen molar-refractivity contribution in [3.05, 3.63) is 46.0 Å². The quantitative estimate of drug-likeness (QED) is 0.496. The third-order valence-corrected chi connectivity index (χ3v) is 3.66.